The van der Waals surface area contributed by atoms with E-state index in [2.05, 4.69) is 0 Å². The van der Waals surface area contributed by atoms with Gasteiger partial charge in [-0.1, -0.05) is 0 Å². The SMILES string of the molecule is NC1CC2CCC(C1)N2c1c(F)c(F)c(F)c(F)c1F. The van der Waals surface area contributed by atoms with Crippen LogP contribution in [0.1, 0.15) is 25.7 Å². The average Bonchev–Trinajstić information content (AvgIpc) is 2.67. The Morgan fingerprint density at radius 2 is 1.15 bits per heavy atom. The van der Waals surface area contributed by atoms with Gasteiger partial charge in [0.25, 0.3) is 0 Å². The molecule has 2 heterocycles. The summed E-state index contributed by atoms with van der Waals surface area (Å²) in [5.41, 5.74) is 5.03. The van der Waals surface area contributed by atoms with Crippen molar-refractivity contribution in [1.82, 2.24) is 0 Å². The lowest BCUT2D eigenvalue weighted by Crippen LogP contribution is -2.48. The fraction of sp³-hybridized carbons (Fsp3) is 0.538. The molecule has 2 aliphatic rings. The van der Waals surface area contributed by atoms with E-state index in [0.717, 1.165) is 0 Å². The van der Waals surface area contributed by atoms with Crippen LogP contribution in [0.25, 0.3) is 0 Å². The van der Waals surface area contributed by atoms with Crippen LogP contribution in [0.3, 0.4) is 0 Å². The van der Waals surface area contributed by atoms with Gasteiger partial charge in [-0.2, -0.15) is 0 Å². The first-order valence-corrected chi connectivity index (χ1v) is 6.47. The number of benzene rings is 1. The molecule has 2 N–H and O–H groups in total. The van der Waals surface area contributed by atoms with Gasteiger partial charge in [0.2, 0.25) is 5.82 Å². The summed E-state index contributed by atoms with van der Waals surface area (Å²) >= 11 is 0. The highest BCUT2D eigenvalue weighted by Gasteiger charge is 2.43. The molecule has 2 aliphatic heterocycles. The van der Waals surface area contributed by atoms with E-state index in [9.17, 15) is 22.0 Å². The second-order valence-electron chi connectivity index (χ2n) is 5.44. The van der Waals surface area contributed by atoms with Crippen LogP contribution in [0.15, 0.2) is 0 Å². The van der Waals surface area contributed by atoms with Gasteiger partial charge in [0.15, 0.2) is 23.3 Å². The van der Waals surface area contributed by atoms with E-state index in [4.69, 9.17) is 5.73 Å². The topological polar surface area (TPSA) is 29.3 Å². The molecule has 2 fully saturated rings. The number of nitrogens with two attached hydrogens (primary N) is 1. The summed E-state index contributed by atoms with van der Waals surface area (Å²) in [6.45, 7) is 0. The largest absolute Gasteiger partial charge is 0.361 e. The third-order valence-corrected chi connectivity index (χ3v) is 4.21. The normalized spacial score (nSPS) is 29.1. The Labute approximate surface area is 112 Å². The maximum absolute atomic E-state index is 13.9. The Morgan fingerprint density at radius 3 is 1.60 bits per heavy atom. The monoisotopic (exact) mass is 292 g/mol. The Bertz CT molecular complexity index is 519. The van der Waals surface area contributed by atoms with E-state index in [0.29, 0.717) is 25.7 Å². The zero-order valence-electron chi connectivity index (χ0n) is 10.5. The van der Waals surface area contributed by atoms with Crippen LogP contribution in [0, 0.1) is 29.1 Å². The van der Waals surface area contributed by atoms with Crippen molar-refractivity contribution in [2.45, 2.75) is 43.8 Å². The summed E-state index contributed by atoms with van der Waals surface area (Å²) < 4.78 is 67.4. The molecule has 1 aromatic rings. The lowest BCUT2D eigenvalue weighted by atomic mass is 9.97. The molecule has 2 atom stereocenters. The molecule has 0 aromatic heterocycles. The molecule has 2 saturated heterocycles. The molecule has 0 amide bonds. The number of piperidine rings is 1. The van der Waals surface area contributed by atoms with E-state index in [1.807, 2.05) is 0 Å². The molecule has 2 bridgehead atoms. The molecule has 110 valence electrons. The van der Waals surface area contributed by atoms with Crippen molar-refractivity contribution in [3.05, 3.63) is 29.1 Å². The minimum absolute atomic E-state index is 0.0926. The fourth-order valence-electron chi connectivity index (χ4n) is 3.40. The fourth-order valence-corrected chi connectivity index (χ4v) is 3.40. The highest BCUT2D eigenvalue weighted by molar-refractivity contribution is 5.54. The second kappa shape index (κ2) is 4.58. The van der Waals surface area contributed by atoms with E-state index in [1.165, 1.54) is 4.90 Å². The summed E-state index contributed by atoms with van der Waals surface area (Å²) in [5.74, 6) is -9.42. The van der Waals surface area contributed by atoms with Gasteiger partial charge in [-0.05, 0) is 25.7 Å². The van der Waals surface area contributed by atoms with Gasteiger partial charge in [0.05, 0.1) is 0 Å². The summed E-state index contributed by atoms with van der Waals surface area (Å²) in [5, 5.41) is 0. The summed E-state index contributed by atoms with van der Waals surface area (Å²) in [7, 11) is 0. The zero-order valence-corrected chi connectivity index (χ0v) is 10.5. The number of fused-ring (bicyclic) bond motifs is 2. The molecular formula is C13H13F5N2. The Morgan fingerprint density at radius 1 is 0.750 bits per heavy atom. The average molecular weight is 292 g/mol. The minimum Gasteiger partial charge on any atom is -0.361 e. The van der Waals surface area contributed by atoms with Crippen LogP contribution >= 0.6 is 0 Å². The van der Waals surface area contributed by atoms with Crippen LogP contribution in [0.4, 0.5) is 27.6 Å². The number of hydrogen-bond donors (Lipinski definition) is 1. The van der Waals surface area contributed by atoms with Crippen molar-refractivity contribution >= 4 is 5.69 Å². The molecule has 3 rings (SSSR count). The van der Waals surface area contributed by atoms with Crippen molar-refractivity contribution in [2.75, 3.05) is 4.90 Å². The highest BCUT2D eigenvalue weighted by atomic mass is 19.2. The van der Waals surface area contributed by atoms with Crippen molar-refractivity contribution in [3.8, 4) is 0 Å². The molecule has 7 heteroatoms. The molecular weight excluding hydrogens is 279 g/mol. The van der Waals surface area contributed by atoms with E-state index in [1.54, 1.807) is 0 Å². The summed E-state index contributed by atoms with van der Waals surface area (Å²) in [4.78, 5) is 1.33. The Hall–Kier alpha value is -1.37. The zero-order chi connectivity index (χ0) is 14.6. The minimum atomic E-state index is -2.12. The lowest BCUT2D eigenvalue weighted by Gasteiger charge is -2.39. The third-order valence-electron chi connectivity index (χ3n) is 4.21. The Kier molecular flexibility index (Phi) is 3.12. The summed E-state index contributed by atoms with van der Waals surface area (Å²) in [6, 6.07) is -0.626. The van der Waals surface area contributed by atoms with E-state index in [-0.39, 0.29) is 18.1 Å². The first-order valence-electron chi connectivity index (χ1n) is 6.47. The third kappa shape index (κ3) is 1.79. The van der Waals surface area contributed by atoms with Gasteiger partial charge in [-0.15, -0.1) is 0 Å². The molecule has 0 spiro atoms. The van der Waals surface area contributed by atoms with Gasteiger partial charge < -0.3 is 10.6 Å². The highest BCUT2D eigenvalue weighted by Crippen LogP contribution is 2.42. The first-order chi connectivity index (χ1) is 9.41. The summed E-state index contributed by atoms with van der Waals surface area (Å²) in [6.07, 6.45) is 2.29. The molecule has 2 unspecified atom stereocenters. The van der Waals surface area contributed by atoms with Crippen LogP contribution in [-0.4, -0.2) is 18.1 Å². The number of halogens is 5. The predicted molar refractivity (Wildman–Crippen MR) is 62.7 cm³/mol. The molecule has 20 heavy (non-hydrogen) atoms. The molecule has 0 saturated carbocycles. The maximum Gasteiger partial charge on any atom is 0.200 e. The van der Waals surface area contributed by atoms with Crippen molar-refractivity contribution in [1.29, 1.82) is 0 Å². The van der Waals surface area contributed by atoms with Gasteiger partial charge in [0.1, 0.15) is 5.69 Å². The number of rotatable bonds is 1. The lowest BCUT2D eigenvalue weighted by molar-refractivity contribution is 0.361. The van der Waals surface area contributed by atoms with Gasteiger partial charge in [-0.3, -0.25) is 0 Å². The van der Waals surface area contributed by atoms with Crippen molar-refractivity contribution in [3.63, 3.8) is 0 Å². The number of hydrogen-bond acceptors (Lipinski definition) is 2. The van der Waals surface area contributed by atoms with Crippen LogP contribution in [0.2, 0.25) is 0 Å². The Balaban J connectivity index is 2.12. The quantitative estimate of drug-likeness (QED) is 0.490. The molecule has 0 aliphatic carbocycles. The van der Waals surface area contributed by atoms with Crippen LogP contribution in [-0.2, 0) is 0 Å². The van der Waals surface area contributed by atoms with Gasteiger partial charge in [-0.25, -0.2) is 22.0 Å². The standard InChI is InChI=1S/C13H13F5N2/c14-8-9(15)11(17)13(12(18)10(8)16)20-6-1-2-7(20)4-5(19)3-6/h5-7H,1-4,19H2. The molecule has 1 aromatic carbocycles. The predicted octanol–water partition coefficient (Wildman–Crippen LogP) is 2.84. The van der Waals surface area contributed by atoms with Crippen LogP contribution in [0.5, 0.6) is 0 Å². The maximum atomic E-state index is 13.9. The van der Waals surface area contributed by atoms with Crippen LogP contribution < -0.4 is 10.6 Å². The van der Waals surface area contributed by atoms with E-state index < -0.39 is 34.8 Å². The molecule has 0 radical (unpaired) electrons. The first kappa shape index (κ1) is 13.6. The van der Waals surface area contributed by atoms with Gasteiger partial charge >= 0.3 is 0 Å². The number of nitrogens with zero attached hydrogens (tertiary/aromatic N) is 1. The molecule has 2 nitrogen and oxygen atoms in total. The van der Waals surface area contributed by atoms with E-state index >= 15 is 0 Å². The van der Waals surface area contributed by atoms with Crippen molar-refractivity contribution < 1.29 is 22.0 Å². The van der Waals surface area contributed by atoms with Gasteiger partial charge in [0, 0.05) is 18.1 Å². The van der Waals surface area contributed by atoms with Crippen molar-refractivity contribution in [2.24, 2.45) is 5.73 Å². The number of anilines is 1. The smallest absolute Gasteiger partial charge is 0.200 e. The second-order valence-corrected chi connectivity index (χ2v) is 5.44.